The first-order valence-electron chi connectivity index (χ1n) is 10.9. The molecule has 1 N–H and O–H groups in total. The van der Waals surface area contributed by atoms with E-state index >= 15 is 4.39 Å². The molecule has 0 aromatic carbocycles. The van der Waals surface area contributed by atoms with Crippen LogP contribution in [0.2, 0.25) is 5.02 Å². The molecule has 0 saturated carbocycles. The molecule has 0 unspecified atom stereocenters. The largest absolute Gasteiger partial charge is 0.379 e. The van der Waals surface area contributed by atoms with E-state index < -0.39 is 40.0 Å². The van der Waals surface area contributed by atoms with Crippen molar-refractivity contribution in [2.45, 2.75) is 42.2 Å². The average Bonchev–Trinajstić information content (AvgIpc) is 2.86. The van der Waals surface area contributed by atoms with Crippen LogP contribution in [0.4, 0.5) is 14.5 Å². The lowest BCUT2D eigenvalue weighted by atomic mass is 9.99. The number of nitrogens with zero attached hydrogens (tertiary/aromatic N) is 5. The van der Waals surface area contributed by atoms with Crippen LogP contribution in [0, 0.1) is 11.3 Å². The van der Waals surface area contributed by atoms with Gasteiger partial charge in [0.2, 0.25) is 0 Å². The smallest absolute Gasteiger partial charge is 0.288 e. The number of halogens is 3. The maximum atomic E-state index is 15.1. The summed E-state index contributed by atoms with van der Waals surface area (Å²) >= 11 is 6.18. The van der Waals surface area contributed by atoms with Crippen LogP contribution in [0.25, 0.3) is 0 Å². The van der Waals surface area contributed by atoms with Gasteiger partial charge in [0.25, 0.3) is 15.6 Å². The Hall–Kier alpha value is -2.66. The van der Waals surface area contributed by atoms with Crippen molar-refractivity contribution in [3.63, 3.8) is 0 Å². The molecule has 0 bridgehead atoms. The molecule has 14 heteroatoms. The maximum Gasteiger partial charge on any atom is 0.288 e. The third-order valence-corrected chi connectivity index (χ3v) is 8.21. The predicted molar refractivity (Wildman–Crippen MR) is 122 cm³/mol. The van der Waals surface area contributed by atoms with Crippen molar-refractivity contribution in [1.29, 1.82) is 5.26 Å². The Labute approximate surface area is 205 Å². The second kappa shape index (κ2) is 10.1. The number of nitriles is 1. The van der Waals surface area contributed by atoms with Gasteiger partial charge in [0, 0.05) is 25.9 Å². The summed E-state index contributed by atoms with van der Waals surface area (Å²) in [5.74, 6) is 0. The highest BCUT2D eigenvalue weighted by molar-refractivity contribution is 7.89. The summed E-state index contributed by atoms with van der Waals surface area (Å²) in [7, 11) is -4.09. The molecule has 0 spiro atoms. The number of anilines is 1. The molecular weight excluding hydrogens is 506 g/mol. The van der Waals surface area contributed by atoms with Crippen LogP contribution in [-0.4, -0.2) is 72.2 Å². The topological polar surface area (TPSA) is 130 Å². The number of nitrogens with one attached hydrogen (secondary N) is 1. The average molecular weight is 529 g/mol. The van der Waals surface area contributed by atoms with Crippen LogP contribution in [0.15, 0.2) is 34.3 Å². The molecule has 4 rings (SSSR count). The van der Waals surface area contributed by atoms with Crippen LogP contribution >= 0.6 is 11.6 Å². The van der Waals surface area contributed by atoms with Gasteiger partial charge in [0.1, 0.15) is 17.3 Å². The Kier molecular flexibility index (Phi) is 7.37. The minimum absolute atomic E-state index is 0.0301. The normalized spacial score (nSPS) is 25.7. The highest BCUT2D eigenvalue weighted by Crippen LogP contribution is 2.29. The van der Waals surface area contributed by atoms with E-state index in [1.807, 2.05) is 6.07 Å². The number of pyridine rings is 1. The molecular formula is C21H23ClF2N6O4S. The zero-order valence-corrected chi connectivity index (χ0v) is 20.1. The van der Waals surface area contributed by atoms with Gasteiger partial charge in [-0.1, -0.05) is 11.6 Å². The van der Waals surface area contributed by atoms with E-state index in [9.17, 15) is 17.6 Å². The van der Waals surface area contributed by atoms with Crippen molar-refractivity contribution < 1.29 is 21.9 Å². The quantitative estimate of drug-likeness (QED) is 0.603. The first kappa shape index (κ1) is 25.4. The number of piperidine rings is 1. The highest BCUT2D eigenvalue weighted by Gasteiger charge is 2.38. The molecule has 2 saturated heterocycles. The number of ether oxygens (including phenoxy) is 1. The summed E-state index contributed by atoms with van der Waals surface area (Å²) in [4.78, 5) is 16.6. The number of hydrogen-bond acceptors (Lipinski definition) is 8. The molecule has 188 valence electrons. The van der Waals surface area contributed by atoms with E-state index in [4.69, 9.17) is 21.6 Å². The van der Waals surface area contributed by atoms with Gasteiger partial charge in [0.05, 0.1) is 36.6 Å². The molecule has 0 radical (unpaired) electrons. The first-order chi connectivity index (χ1) is 16.6. The number of hydrogen-bond donors (Lipinski definition) is 1. The monoisotopic (exact) mass is 528 g/mol. The number of sulfonamides is 1. The van der Waals surface area contributed by atoms with E-state index in [2.05, 4.69) is 15.4 Å². The summed E-state index contributed by atoms with van der Waals surface area (Å²) < 4.78 is 62.5. The molecule has 10 nitrogen and oxygen atoms in total. The van der Waals surface area contributed by atoms with Crippen molar-refractivity contribution in [2.75, 3.05) is 38.2 Å². The predicted octanol–water partition coefficient (Wildman–Crippen LogP) is 2.07. The third kappa shape index (κ3) is 5.30. The van der Waals surface area contributed by atoms with Gasteiger partial charge in [-0.2, -0.15) is 14.7 Å². The molecule has 0 aliphatic carbocycles. The Balaban J connectivity index is 1.46. The number of rotatable bonds is 6. The molecule has 2 fully saturated rings. The lowest BCUT2D eigenvalue weighted by Gasteiger charge is -2.34. The maximum absolute atomic E-state index is 15.1. The fraction of sp³-hybridized carbons (Fsp3) is 0.524. The van der Waals surface area contributed by atoms with Crippen molar-refractivity contribution in [3.05, 3.63) is 45.5 Å². The minimum Gasteiger partial charge on any atom is -0.379 e. The summed E-state index contributed by atoms with van der Waals surface area (Å²) in [5, 5.41) is 15.1. The van der Waals surface area contributed by atoms with Crippen molar-refractivity contribution >= 4 is 27.3 Å². The van der Waals surface area contributed by atoms with E-state index in [1.54, 1.807) is 0 Å². The van der Waals surface area contributed by atoms with E-state index in [-0.39, 0.29) is 47.4 Å². The van der Waals surface area contributed by atoms with Crippen LogP contribution in [-0.2, 0) is 14.8 Å². The van der Waals surface area contributed by atoms with Crippen molar-refractivity contribution in [3.8, 4) is 6.07 Å². The molecule has 2 aromatic heterocycles. The Morgan fingerprint density at radius 2 is 2.17 bits per heavy atom. The molecule has 2 aliphatic rings. The van der Waals surface area contributed by atoms with Gasteiger partial charge < -0.3 is 10.1 Å². The molecule has 2 aliphatic heterocycles. The summed E-state index contributed by atoms with van der Waals surface area (Å²) in [6.07, 6.45) is 1.47. The number of aromatic nitrogens is 3. The van der Waals surface area contributed by atoms with Gasteiger partial charge in [0.15, 0.2) is 10.7 Å². The van der Waals surface area contributed by atoms with E-state index in [1.165, 1.54) is 18.3 Å². The summed E-state index contributed by atoms with van der Waals surface area (Å²) in [5.41, 5.74) is -2.04. The van der Waals surface area contributed by atoms with E-state index in [0.29, 0.717) is 19.4 Å². The zero-order valence-electron chi connectivity index (χ0n) is 18.5. The van der Waals surface area contributed by atoms with Gasteiger partial charge in [-0.25, -0.2) is 26.9 Å². The molecule has 4 heterocycles. The molecule has 2 aromatic rings. The van der Waals surface area contributed by atoms with Crippen LogP contribution in [0.3, 0.4) is 0 Å². The highest BCUT2D eigenvalue weighted by atomic mass is 35.5. The van der Waals surface area contributed by atoms with Crippen molar-refractivity contribution in [1.82, 2.24) is 19.1 Å². The molecule has 0 amide bonds. The SMILES string of the molecule is N#Cc1ccc(S(=O)(=O)N2CC[C@H](n3ncc(NC[C@@]4(F)CCCOC4)c(Cl)c3=O)[C@H](F)C2)nc1. The fourth-order valence-corrected chi connectivity index (χ4v) is 5.68. The zero-order chi connectivity index (χ0) is 25.2. The van der Waals surface area contributed by atoms with Crippen LogP contribution in [0.1, 0.15) is 30.9 Å². The fourth-order valence-electron chi connectivity index (χ4n) is 4.11. The van der Waals surface area contributed by atoms with Gasteiger partial charge in [-0.15, -0.1) is 0 Å². The minimum atomic E-state index is -4.09. The van der Waals surface area contributed by atoms with Gasteiger partial charge in [-0.05, 0) is 31.4 Å². The second-order valence-corrected chi connectivity index (χ2v) is 10.8. The lowest BCUT2D eigenvalue weighted by molar-refractivity contribution is -0.0234. The second-order valence-electron chi connectivity index (χ2n) is 8.51. The Bertz CT molecular complexity index is 1280. The van der Waals surface area contributed by atoms with Crippen LogP contribution < -0.4 is 10.9 Å². The third-order valence-electron chi connectivity index (χ3n) is 6.07. The van der Waals surface area contributed by atoms with Gasteiger partial charge >= 0.3 is 0 Å². The lowest BCUT2D eigenvalue weighted by Crippen LogP contribution is -2.48. The summed E-state index contributed by atoms with van der Waals surface area (Å²) in [6.45, 7) is -0.275. The first-order valence-corrected chi connectivity index (χ1v) is 12.7. The number of alkyl halides is 2. The molecule has 3 atom stereocenters. The standard InChI is InChI=1S/C21H23ClF2N6O4S/c22-19-16(27-12-21(24)5-1-7-34-13-21)10-28-30(20(19)31)17-4-6-29(11-15(17)23)35(32,33)18-3-2-14(8-25)9-26-18/h2-3,9-10,15,17,27H,1,4-7,11-13H2/t15-,17+,21+/m1/s1. The Morgan fingerprint density at radius 3 is 2.80 bits per heavy atom. The van der Waals surface area contributed by atoms with Gasteiger partial charge in [-0.3, -0.25) is 4.79 Å². The van der Waals surface area contributed by atoms with E-state index in [0.717, 1.165) is 15.2 Å². The molecule has 35 heavy (non-hydrogen) atoms. The Morgan fingerprint density at radius 1 is 1.37 bits per heavy atom. The van der Waals surface area contributed by atoms with Crippen LogP contribution in [0.5, 0.6) is 0 Å². The van der Waals surface area contributed by atoms with Crippen molar-refractivity contribution in [2.24, 2.45) is 0 Å². The summed E-state index contributed by atoms with van der Waals surface area (Å²) in [6, 6.07) is 3.31.